The van der Waals surface area contributed by atoms with Crippen LogP contribution in [0.3, 0.4) is 0 Å². The largest absolute Gasteiger partial charge is 0.497 e. The van der Waals surface area contributed by atoms with Crippen molar-refractivity contribution in [2.24, 2.45) is 5.92 Å². The minimum Gasteiger partial charge on any atom is -0.497 e. The number of ether oxygens (including phenoxy) is 1. The Hall–Kier alpha value is -2.05. The molecule has 1 fully saturated rings. The maximum atomic E-state index is 12.4. The van der Waals surface area contributed by atoms with Crippen LogP contribution in [0.5, 0.6) is 5.75 Å². The highest BCUT2D eigenvalue weighted by Crippen LogP contribution is 2.30. The number of amides is 1. The lowest BCUT2D eigenvalue weighted by Crippen LogP contribution is -2.52. The Morgan fingerprint density at radius 3 is 2.34 bits per heavy atom. The second-order valence-corrected chi connectivity index (χ2v) is 9.11. The van der Waals surface area contributed by atoms with E-state index in [1.165, 1.54) is 10.6 Å². The van der Waals surface area contributed by atoms with Crippen molar-refractivity contribution in [2.45, 2.75) is 39.3 Å². The van der Waals surface area contributed by atoms with Gasteiger partial charge in [-0.15, -0.1) is 11.3 Å². The molecule has 0 aliphatic carbocycles. The zero-order valence-corrected chi connectivity index (χ0v) is 18.7. The van der Waals surface area contributed by atoms with E-state index in [2.05, 4.69) is 65.5 Å². The highest BCUT2D eigenvalue weighted by molar-refractivity contribution is 7.10. The molecule has 1 aromatic carbocycles. The molecule has 0 bridgehead atoms. The molecule has 6 heteroatoms. The van der Waals surface area contributed by atoms with Crippen molar-refractivity contribution in [3.05, 3.63) is 46.7 Å². The summed E-state index contributed by atoms with van der Waals surface area (Å²) in [5.74, 6) is 1.40. The Bertz CT molecular complexity index is 753. The Kier molecular flexibility index (Phi) is 7.56. The van der Waals surface area contributed by atoms with E-state index in [1.54, 1.807) is 18.4 Å². The molecule has 0 unspecified atom stereocenters. The number of anilines is 1. The summed E-state index contributed by atoms with van der Waals surface area (Å²) < 4.78 is 5.27. The van der Waals surface area contributed by atoms with E-state index < -0.39 is 0 Å². The van der Waals surface area contributed by atoms with Gasteiger partial charge in [-0.3, -0.25) is 9.69 Å². The molecule has 29 heavy (non-hydrogen) atoms. The van der Waals surface area contributed by atoms with Crippen LogP contribution in [0.2, 0.25) is 0 Å². The number of nitrogens with one attached hydrogen (secondary N) is 1. The molecule has 5 nitrogen and oxygen atoms in total. The molecule has 1 N–H and O–H groups in total. The first kappa shape index (κ1) is 21.7. The zero-order chi connectivity index (χ0) is 20.8. The maximum absolute atomic E-state index is 12.4. The number of nitrogens with zero attached hydrogens (tertiary/aromatic N) is 2. The number of hydrogen-bond donors (Lipinski definition) is 1. The molecule has 1 aliphatic heterocycles. The SMILES string of the molecule is COc1ccc(N2CCN([C@H](c3cccs3)[C@@H](C)NC(=O)CC(C)C)CC2)cc1. The van der Waals surface area contributed by atoms with Crippen molar-refractivity contribution in [3.8, 4) is 5.75 Å². The van der Waals surface area contributed by atoms with Gasteiger partial charge >= 0.3 is 0 Å². The molecule has 1 aromatic heterocycles. The van der Waals surface area contributed by atoms with Gasteiger partial charge < -0.3 is 15.0 Å². The molecular formula is C23H33N3O2S. The number of piperazine rings is 1. The maximum Gasteiger partial charge on any atom is 0.220 e. The van der Waals surface area contributed by atoms with E-state index >= 15 is 0 Å². The van der Waals surface area contributed by atoms with Crippen LogP contribution in [0.4, 0.5) is 5.69 Å². The summed E-state index contributed by atoms with van der Waals surface area (Å²) in [6.07, 6.45) is 0.576. The van der Waals surface area contributed by atoms with Crippen molar-refractivity contribution in [3.63, 3.8) is 0 Å². The molecule has 0 spiro atoms. The number of benzene rings is 1. The molecule has 158 valence electrons. The van der Waals surface area contributed by atoms with Crippen LogP contribution in [0.1, 0.15) is 38.1 Å². The van der Waals surface area contributed by atoms with Crippen molar-refractivity contribution in [2.75, 3.05) is 38.2 Å². The van der Waals surface area contributed by atoms with Crippen molar-refractivity contribution >= 4 is 22.9 Å². The van der Waals surface area contributed by atoms with Crippen LogP contribution in [0, 0.1) is 5.92 Å². The molecule has 0 saturated carbocycles. The van der Waals surface area contributed by atoms with Crippen molar-refractivity contribution in [1.82, 2.24) is 10.2 Å². The number of methoxy groups -OCH3 is 1. The summed E-state index contributed by atoms with van der Waals surface area (Å²) in [5.41, 5.74) is 1.23. The molecule has 3 rings (SSSR count). The quantitative estimate of drug-likeness (QED) is 0.703. The first-order valence-corrected chi connectivity index (χ1v) is 11.3. The summed E-state index contributed by atoms with van der Waals surface area (Å²) in [5, 5.41) is 5.37. The molecule has 1 amide bonds. The fourth-order valence-electron chi connectivity index (χ4n) is 4.02. The highest BCUT2D eigenvalue weighted by atomic mass is 32.1. The van der Waals surface area contributed by atoms with Gasteiger partial charge in [0.25, 0.3) is 0 Å². The van der Waals surface area contributed by atoms with Crippen LogP contribution in [-0.2, 0) is 4.79 Å². The Balaban J connectivity index is 1.65. The van der Waals surface area contributed by atoms with E-state index in [9.17, 15) is 4.79 Å². The Morgan fingerprint density at radius 1 is 1.10 bits per heavy atom. The minimum absolute atomic E-state index is 0.0763. The van der Waals surface area contributed by atoms with Gasteiger partial charge in [-0.1, -0.05) is 19.9 Å². The number of carbonyl (C=O) groups excluding carboxylic acids is 1. The van der Waals surface area contributed by atoms with Gasteiger partial charge in [-0.2, -0.15) is 0 Å². The fourth-order valence-corrected chi connectivity index (χ4v) is 4.98. The van der Waals surface area contributed by atoms with Crippen molar-refractivity contribution in [1.29, 1.82) is 0 Å². The van der Waals surface area contributed by atoms with E-state index in [0.717, 1.165) is 31.9 Å². The van der Waals surface area contributed by atoms with Gasteiger partial charge in [0.15, 0.2) is 0 Å². The average Bonchev–Trinajstić information content (AvgIpc) is 3.22. The smallest absolute Gasteiger partial charge is 0.220 e. The fraction of sp³-hybridized carbons (Fsp3) is 0.522. The van der Waals surface area contributed by atoms with Crippen LogP contribution in [0.25, 0.3) is 0 Å². The molecule has 2 heterocycles. The van der Waals surface area contributed by atoms with Gasteiger partial charge in [-0.05, 0) is 48.6 Å². The average molecular weight is 416 g/mol. The lowest BCUT2D eigenvalue weighted by molar-refractivity contribution is -0.122. The number of hydrogen-bond acceptors (Lipinski definition) is 5. The molecule has 1 aliphatic rings. The number of thiophene rings is 1. The number of rotatable bonds is 8. The third kappa shape index (κ3) is 5.73. The van der Waals surface area contributed by atoms with Crippen molar-refractivity contribution < 1.29 is 9.53 Å². The van der Waals surface area contributed by atoms with E-state index in [1.807, 2.05) is 12.1 Å². The summed E-state index contributed by atoms with van der Waals surface area (Å²) in [7, 11) is 1.69. The molecule has 1 saturated heterocycles. The van der Waals surface area contributed by atoms with E-state index in [-0.39, 0.29) is 18.0 Å². The number of carbonyl (C=O) groups is 1. The zero-order valence-electron chi connectivity index (χ0n) is 17.9. The summed E-state index contributed by atoms with van der Waals surface area (Å²) in [6, 6.07) is 12.9. The Labute approximate surface area is 178 Å². The van der Waals surface area contributed by atoms with Gasteiger partial charge in [-0.25, -0.2) is 0 Å². The third-order valence-corrected chi connectivity index (χ3v) is 6.38. The second kappa shape index (κ2) is 10.1. The van der Waals surface area contributed by atoms with Gasteiger partial charge in [0.05, 0.1) is 13.2 Å². The van der Waals surface area contributed by atoms with Gasteiger partial charge in [0.1, 0.15) is 5.75 Å². The first-order valence-electron chi connectivity index (χ1n) is 10.4. The first-order chi connectivity index (χ1) is 14.0. The lowest BCUT2D eigenvalue weighted by atomic mass is 10.0. The van der Waals surface area contributed by atoms with Crippen LogP contribution >= 0.6 is 11.3 Å². The third-order valence-electron chi connectivity index (χ3n) is 5.44. The monoisotopic (exact) mass is 415 g/mol. The predicted octanol–water partition coefficient (Wildman–Crippen LogP) is 4.17. The lowest BCUT2D eigenvalue weighted by Gasteiger charge is -2.42. The van der Waals surface area contributed by atoms with E-state index in [4.69, 9.17) is 4.74 Å². The molecule has 2 atom stereocenters. The normalized spacial score (nSPS) is 17.2. The van der Waals surface area contributed by atoms with E-state index in [0.29, 0.717) is 12.3 Å². The minimum atomic E-state index is 0.0763. The van der Waals surface area contributed by atoms with Crippen LogP contribution < -0.4 is 15.0 Å². The summed E-state index contributed by atoms with van der Waals surface area (Å²) in [6.45, 7) is 10.2. The highest BCUT2D eigenvalue weighted by Gasteiger charge is 2.31. The standard InChI is InChI=1S/C23H33N3O2S/c1-17(2)16-22(27)24-18(3)23(21-6-5-15-29-21)26-13-11-25(12-14-26)19-7-9-20(28-4)10-8-19/h5-10,15,17-18,23H,11-14,16H2,1-4H3,(H,24,27)/t18-,23+/m1/s1. The van der Waals surface area contributed by atoms with Gasteiger partial charge in [0, 0.05) is 49.2 Å². The van der Waals surface area contributed by atoms with Crippen LogP contribution in [-0.4, -0.2) is 50.1 Å². The molecule has 0 radical (unpaired) electrons. The van der Waals surface area contributed by atoms with Crippen LogP contribution in [0.15, 0.2) is 41.8 Å². The molecule has 2 aromatic rings. The second-order valence-electron chi connectivity index (χ2n) is 8.14. The molecular weight excluding hydrogens is 382 g/mol. The predicted molar refractivity (Wildman–Crippen MR) is 121 cm³/mol. The van der Waals surface area contributed by atoms with Gasteiger partial charge in [0.2, 0.25) is 5.91 Å². The Morgan fingerprint density at radius 2 is 1.79 bits per heavy atom. The summed E-state index contributed by atoms with van der Waals surface area (Å²) in [4.78, 5) is 18.6. The summed E-state index contributed by atoms with van der Waals surface area (Å²) >= 11 is 1.77. The topological polar surface area (TPSA) is 44.8 Å².